The van der Waals surface area contributed by atoms with Gasteiger partial charge in [0.25, 0.3) is 0 Å². The fourth-order valence-corrected chi connectivity index (χ4v) is 3.44. The monoisotopic (exact) mass is 285 g/mol. The highest BCUT2D eigenvalue weighted by Gasteiger charge is 2.64. The van der Waals surface area contributed by atoms with E-state index in [1.165, 1.54) is 0 Å². The van der Waals surface area contributed by atoms with Gasteiger partial charge in [-0.25, -0.2) is 4.68 Å². The fourth-order valence-electron chi connectivity index (χ4n) is 3.44. The molecule has 1 fully saturated rings. The van der Waals surface area contributed by atoms with Crippen LogP contribution in [0.25, 0.3) is 11.4 Å². The Kier molecular flexibility index (Phi) is 2.87. The van der Waals surface area contributed by atoms with Crippen molar-refractivity contribution in [3.05, 3.63) is 23.8 Å². The first-order valence-corrected chi connectivity index (χ1v) is 7.37. The van der Waals surface area contributed by atoms with Crippen LogP contribution in [0.2, 0.25) is 0 Å². The molecule has 1 heterocycles. The van der Waals surface area contributed by atoms with E-state index in [-0.39, 0.29) is 0 Å². The maximum atomic E-state index is 5.94. The highest BCUT2D eigenvalue weighted by molar-refractivity contribution is 5.62. The predicted molar refractivity (Wildman–Crippen MR) is 83.5 cm³/mol. The normalized spacial score (nSPS) is 19.7. The molecule has 0 aliphatic heterocycles. The molecular weight excluding hydrogens is 262 g/mol. The first-order chi connectivity index (χ1) is 9.73. The van der Waals surface area contributed by atoms with Crippen LogP contribution in [-0.2, 0) is 6.54 Å². The standard InChI is InChI=1S/C16H23N5/c1-10-6-11(8-12(17)7-10)14-18-19-20-21(14)9-13-15(2,3)16(13,4)5/h6-8,13H,9,17H2,1-5H3. The van der Waals surface area contributed by atoms with Gasteiger partial charge >= 0.3 is 0 Å². The number of anilines is 1. The largest absolute Gasteiger partial charge is 0.399 e. The van der Waals surface area contributed by atoms with Crippen LogP contribution in [0.3, 0.4) is 0 Å². The maximum Gasteiger partial charge on any atom is 0.182 e. The number of hydrogen-bond donors (Lipinski definition) is 1. The average molecular weight is 285 g/mol. The second-order valence-corrected chi connectivity index (χ2v) is 7.31. The molecule has 0 spiro atoms. The molecule has 1 saturated carbocycles. The summed E-state index contributed by atoms with van der Waals surface area (Å²) in [6, 6.07) is 5.95. The van der Waals surface area contributed by atoms with Crippen molar-refractivity contribution in [2.75, 3.05) is 5.73 Å². The molecule has 5 heteroatoms. The zero-order valence-corrected chi connectivity index (χ0v) is 13.4. The zero-order chi connectivity index (χ0) is 15.4. The average Bonchev–Trinajstić information content (AvgIpc) is 2.72. The van der Waals surface area contributed by atoms with Gasteiger partial charge in [0, 0.05) is 17.8 Å². The van der Waals surface area contributed by atoms with Gasteiger partial charge in [0.1, 0.15) is 0 Å². The molecule has 3 rings (SSSR count). The Morgan fingerprint density at radius 2 is 1.81 bits per heavy atom. The molecule has 1 aliphatic rings. The Morgan fingerprint density at radius 3 is 2.38 bits per heavy atom. The summed E-state index contributed by atoms with van der Waals surface area (Å²) in [5, 5.41) is 12.2. The summed E-state index contributed by atoms with van der Waals surface area (Å²) >= 11 is 0. The number of aryl methyl sites for hydroxylation is 1. The summed E-state index contributed by atoms with van der Waals surface area (Å²) in [5.41, 5.74) is 9.42. The Balaban J connectivity index is 1.92. The lowest BCUT2D eigenvalue weighted by Gasteiger charge is -2.07. The van der Waals surface area contributed by atoms with Gasteiger partial charge in [-0.15, -0.1) is 5.10 Å². The van der Waals surface area contributed by atoms with Crippen LogP contribution in [0, 0.1) is 23.7 Å². The molecule has 21 heavy (non-hydrogen) atoms. The summed E-state index contributed by atoms with van der Waals surface area (Å²) in [5.74, 6) is 1.37. The first-order valence-electron chi connectivity index (χ1n) is 7.37. The molecular formula is C16H23N5. The van der Waals surface area contributed by atoms with E-state index in [4.69, 9.17) is 5.73 Å². The quantitative estimate of drug-likeness (QED) is 0.880. The minimum atomic E-state index is 0.321. The van der Waals surface area contributed by atoms with Crippen LogP contribution < -0.4 is 5.73 Å². The third-order valence-corrected chi connectivity index (χ3v) is 5.56. The zero-order valence-electron chi connectivity index (χ0n) is 13.4. The third kappa shape index (κ3) is 2.11. The van der Waals surface area contributed by atoms with E-state index in [1.54, 1.807) is 0 Å². The molecule has 5 nitrogen and oxygen atoms in total. The fraction of sp³-hybridized carbons (Fsp3) is 0.562. The van der Waals surface area contributed by atoms with Crippen molar-refractivity contribution in [1.82, 2.24) is 20.2 Å². The summed E-state index contributed by atoms with van der Waals surface area (Å²) in [6.45, 7) is 12.1. The molecule has 0 unspecified atom stereocenters. The molecule has 0 radical (unpaired) electrons. The minimum absolute atomic E-state index is 0.321. The Hall–Kier alpha value is -1.91. The van der Waals surface area contributed by atoms with Crippen LogP contribution in [0.1, 0.15) is 33.3 Å². The number of nitrogens with zero attached hydrogens (tertiary/aromatic N) is 4. The molecule has 1 aliphatic carbocycles. The Morgan fingerprint density at radius 1 is 1.14 bits per heavy atom. The van der Waals surface area contributed by atoms with E-state index >= 15 is 0 Å². The van der Waals surface area contributed by atoms with Crippen LogP contribution in [0.4, 0.5) is 5.69 Å². The summed E-state index contributed by atoms with van der Waals surface area (Å²) in [7, 11) is 0. The molecule has 0 amide bonds. The predicted octanol–water partition coefficient (Wildman–Crippen LogP) is 2.91. The third-order valence-electron chi connectivity index (χ3n) is 5.56. The van der Waals surface area contributed by atoms with Gasteiger partial charge in [0.05, 0.1) is 0 Å². The van der Waals surface area contributed by atoms with E-state index in [1.807, 2.05) is 23.7 Å². The van der Waals surface area contributed by atoms with Crippen molar-refractivity contribution in [2.45, 2.75) is 41.2 Å². The molecule has 0 saturated heterocycles. The van der Waals surface area contributed by atoms with Crippen molar-refractivity contribution in [3.8, 4) is 11.4 Å². The van der Waals surface area contributed by atoms with Gasteiger partial charge in [-0.3, -0.25) is 0 Å². The van der Waals surface area contributed by atoms with Gasteiger partial charge in [0.15, 0.2) is 5.82 Å². The molecule has 112 valence electrons. The SMILES string of the molecule is Cc1cc(N)cc(-c2nnnn2CC2C(C)(C)C2(C)C)c1. The number of nitrogens with two attached hydrogens (primary N) is 1. The number of hydrogen-bond acceptors (Lipinski definition) is 4. The lowest BCUT2D eigenvalue weighted by atomic mass is 10.0. The topological polar surface area (TPSA) is 69.6 Å². The van der Waals surface area contributed by atoms with Gasteiger partial charge in [-0.2, -0.15) is 0 Å². The number of nitrogen functional groups attached to an aromatic ring is 1. The molecule has 2 N–H and O–H groups in total. The molecule has 0 bridgehead atoms. The van der Waals surface area contributed by atoms with E-state index in [2.05, 4.69) is 49.3 Å². The van der Waals surface area contributed by atoms with E-state index in [9.17, 15) is 0 Å². The lowest BCUT2D eigenvalue weighted by Crippen LogP contribution is -2.08. The van der Waals surface area contributed by atoms with Crippen molar-refractivity contribution in [2.24, 2.45) is 16.7 Å². The van der Waals surface area contributed by atoms with E-state index in [0.717, 1.165) is 29.2 Å². The highest BCUT2D eigenvalue weighted by Crippen LogP contribution is 2.68. The molecule has 2 aromatic rings. The van der Waals surface area contributed by atoms with Crippen LogP contribution in [0.5, 0.6) is 0 Å². The van der Waals surface area contributed by atoms with Gasteiger partial charge < -0.3 is 5.73 Å². The number of tetrazole rings is 1. The molecule has 0 atom stereocenters. The van der Waals surface area contributed by atoms with E-state index in [0.29, 0.717) is 16.7 Å². The maximum absolute atomic E-state index is 5.94. The lowest BCUT2D eigenvalue weighted by molar-refractivity contribution is 0.457. The summed E-state index contributed by atoms with van der Waals surface area (Å²) < 4.78 is 1.91. The summed E-state index contributed by atoms with van der Waals surface area (Å²) in [4.78, 5) is 0. The van der Waals surface area contributed by atoms with Gasteiger partial charge in [-0.05, 0) is 57.9 Å². The second-order valence-electron chi connectivity index (χ2n) is 7.31. The van der Waals surface area contributed by atoms with E-state index < -0.39 is 0 Å². The van der Waals surface area contributed by atoms with Crippen molar-refractivity contribution in [1.29, 1.82) is 0 Å². The van der Waals surface area contributed by atoms with Crippen molar-refractivity contribution >= 4 is 5.69 Å². The number of rotatable bonds is 3. The Bertz CT molecular complexity index is 649. The molecule has 1 aromatic heterocycles. The number of aromatic nitrogens is 4. The van der Waals surface area contributed by atoms with Crippen molar-refractivity contribution < 1.29 is 0 Å². The Labute approximate surface area is 125 Å². The van der Waals surface area contributed by atoms with Crippen LogP contribution >= 0.6 is 0 Å². The van der Waals surface area contributed by atoms with Crippen LogP contribution in [0.15, 0.2) is 18.2 Å². The van der Waals surface area contributed by atoms with Gasteiger partial charge in [0.2, 0.25) is 0 Å². The molecule has 1 aromatic carbocycles. The first kappa shape index (κ1) is 14.0. The van der Waals surface area contributed by atoms with Crippen molar-refractivity contribution in [3.63, 3.8) is 0 Å². The van der Waals surface area contributed by atoms with Gasteiger partial charge in [-0.1, -0.05) is 27.7 Å². The van der Waals surface area contributed by atoms with Crippen LogP contribution in [-0.4, -0.2) is 20.2 Å². The highest BCUT2D eigenvalue weighted by atomic mass is 15.5. The smallest absolute Gasteiger partial charge is 0.182 e. The second kappa shape index (κ2) is 4.29. The minimum Gasteiger partial charge on any atom is -0.399 e. The summed E-state index contributed by atoms with van der Waals surface area (Å²) in [6.07, 6.45) is 0. The number of benzene rings is 1.